The molecule has 0 atom stereocenters. The van der Waals surface area contributed by atoms with Crippen LogP contribution in [-0.4, -0.2) is 0 Å². The lowest BCUT2D eigenvalue weighted by atomic mass is 9.89. The molecule has 4 rings (SSSR count). The van der Waals surface area contributed by atoms with E-state index in [9.17, 15) is 0 Å². The van der Waals surface area contributed by atoms with Crippen molar-refractivity contribution in [3.05, 3.63) is 64.0 Å². The summed E-state index contributed by atoms with van der Waals surface area (Å²) >= 11 is 4.49. The lowest BCUT2D eigenvalue weighted by Gasteiger charge is -2.15. The Morgan fingerprint density at radius 2 is 1.22 bits per heavy atom. The molecule has 0 N–H and O–H groups in total. The number of hydrogen-bond donors (Lipinski definition) is 1. The van der Waals surface area contributed by atoms with Crippen LogP contribution in [0.1, 0.15) is 11.1 Å². The van der Waals surface area contributed by atoms with Gasteiger partial charge in [0.2, 0.25) is 0 Å². The molecule has 1 heteroatoms. The average Bonchev–Trinajstić information content (AvgIpc) is 2.56. The number of benzene rings is 4. The van der Waals surface area contributed by atoms with Crippen molar-refractivity contribution in [2.24, 2.45) is 0 Å². The van der Waals surface area contributed by atoms with Gasteiger partial charge in [0, 0.05) is 4.90 Å². The van der Waals surface area contributed by atoms with Crippen LogP contribution < -0.4 is 10.4 Å². The van der Waals surface area contributed by atoms with Gasteiger partial charge in [0.15, 0.2) is 0 Å². The molecule has 0 spiro atoms. The third-order valence-electron chi connectivity index (χ3n) is 4.99. The van der Waals surface area contributed by atoms with Gasteiger partial charge in [-0.1, -0.05) is 43.5 Å². The van der Waals surface area contributed by atoms with E-state index in [1.165, 1.54) is 32.7 Å². The molecule has 0 fully saturated rings. The zero-order valence-electron chi connectivity index (χ0n) is 13.4. The summed E-state index contributed by atoms with van der Waals surface area (Å²) in [6, 6.07) is 14.8. The lowest BCUT2D eigenvalue weighted by molar-refractivity contribution is 1.49. The molecule has 0 aliphatic rings. The van der Waals surface area contributed by atoms with E-state index >= 15 is 0 Å². The predicted octanol–water partition coefficient (Wildman–Crippen LogP) is 4.87. The summed E-state index contributed by atoms with van der Waals surface area (Å²) in [6.45, 7) is 13.2. The summed E-state index contributed by atoms with van der Waals surface area (Å²) in [4.78, 5) is 0.955. The molecule has 112 valence electrons. The highest BCUT2D eigenvalue weighted by Gasteiger charge is 2.12. The van der Waals surface area contributed by atoms with Crippen LogP contribution in [0.2, 0.25) is 0 Å². The van der Waals surface area contributed by atoms with Crippen molar-refractivity contribution in [3.8, 4) is 0 Å². The van der Waals surface area contributed by atoms with Gasteiger partial charge in [-0.3, -0.25) is 0 Å². The zero-order chi connectivity index (χ0) is 16.3. The molecule has 0 amide bonds. The highest BCUT2D eigenvalue weighted by Crippen LogP contribution is 2.30. The first-order chi connectivity index (χ1) is 11.0. The Balaban J connectivity index is 2.46. The van der Waals surface area contributed by atoms with Gasteiger partial charge in [-0.05, 0) is 79.9 Å². The van der Waals surface area contributed by atoms with Gasteiger partial charge >= 0.3 is 0 Å². The van der Waals surface area contributed by atoms with Crippen molar-refractivity contribution in [1.82, 2.24) is 0 Å². The lowest BCUT2D eigenvalue weighted by Crippen LogP contribution is -2.15. The molecule has 4 aromatic rings. The molecule has 0 bridgehead atoms. The maximum Gasteiger partial charge on any atom is 0.00465 e. The third-order valence-corrected chi connectivity index (χ3v) is 5.27. The van der Waals surface area contributed by atoms with Crippen molar-refractivity contribution < 1.29 is 0 Å². The van der Waals surface area contributed by atoms with Crippen LogP contribution in [0.3, 0.4) is 0 Å². The van der Waals surface area contributed by atoms with Gasteiger partial charge in [-0.2, -0.15) is 0 Å². The maximum absolute atomic E-state index is 4.49. The minimum atomic E-state index is 0.955. The fourth-order valence-electron chi connectivity index (χ4n) is 3.85. The van der Waals surface area contributed by atoms with Crippen LogP contribution >= 0.6 is 12.6 Å². The predicted molar refractivity (Wildman–Crippen MR) is 106 cm³/mol. The van der Waals surface area contributed by atoms with Gasteiger partial charge in [0.25, 0.3) is 0 Å². The Hall–Kier alpha value is -2.25. The van der Waals surface area contributed by atoms with E-state index in [0.29, 0.717) is 0 Å². The van der Waals surface area contributed by atoms with E-state index in [4.69, 9.17) is 0 Å². The number of rotatable bonds is 0. The molecular formula is C22H18S. The molecular weight excluding hydrogens is 296 g/mol. The molecule has 0 unspecified atom stereocenters. The smallest absolute Gasteiger partial charge is 0.00465 e. The summed E-state index contributed by atoms with van der Waals surface area (Å²) in [5.74, 6) is 0. The van der Waals surface area contributed by atoms with Gasteiger partial charge in [-0.15, -0.1) is 12.6 Å². The number of thiol groups is 1. The molecule has 0 aliphatic heterocycles. The van der Waals surface area contributed by atoms with Gasteiger partial charge < -0.3 is 0 Å². The molecule has 0 saturated carbocycles. The third kappa shape index (κ3) is 1.87. The summed E-state index contributed by atoms with van der Waals surface area (Å²) < 4.78 is 0. The van der Waals surface area contributed by atoms with Gasteiger partial charge in [0.05, 0.1) is 0 Å². The Morgan fingerprint density at radius 3 is 1.78 bits per heavy atom. The van der Waals surface area contributed by atoms with Crippen LogP contribution in [0.5, 0.6) is 0 Å². The quantitative estimate of drug-likeness (QED) is 0.347. The molecule has 0 nitrogen and oxygen atoms in total. The Bertz CT molecular complexity index is 1220. The van der Waals surface area contributed by atoms with Crippen molar-refractivity contribution >= 4 is 58.1 Å². The molecule has 0 saturated heterocycles. The number of fused-ring (bicyclic) bond motifs is 3. The molecule has 0 aliphatic carbocycles. The average molecular weight is 314 g/mol. The van der Waals surface area contributed by atoms with E-state index in [2.05, 4.69) is 76.0 Å². The van der Waals surface area contributed by atoms with E-state index in [0.717, 1.165) is 26.1 Å². The molecule has 23 heavy (non-hydrogen) atoms. The Labute approximate surface area is 141 Å². The van der Waals surface area contributed by atoms with Crippen molar-refractivity contribution in [1.29, 1.82) is 0 Å². The SMILES string of the molecule is C=c1c2ccc(S)cc2c(=C)c2c(C)c3ccccc3c(C)c12. The zero-order valence-corrected chi connectivity index (χ0v) is 14.3. The molecule has 0 radical (unpaired) electrons. The van der Waals surface area contributed by atoms with Crippen LogP contribution in [0, 0.1) is 13.8 Å². The first kappa shape index (κ1) is 14.3. The second-order valence-electron chi connectivity index (χ2n) is 6.23. The summed E-state index contributed by atoms with van der Waals surface area (Å²) in [5.41, 5.74) is 2.57. The normalized spacial score (nSPS) is 11.6. The fraction of sp³-hybridized carbons (Fsp3) is 0.0909. The van der Waals surface area contributed by atoms with Crippen LogP contribution in [-0.2, 0) is 0 Å². The van der Waals surface area contributed by atoms with E-state index in [1.54, 1.807) is 0 Å². The summed E-state index contributed by atoms with van der Waals surface area (Å²) in [6.07, 6.45) is 0. The first-order valence-corrected chi connectivity index (χ1v) is 8.19. The van der Waals surface area contributed by atoms with Crippen molar-refractivity contribution in [2.75, 3.05) is 0 Å². The standard InChI is InChI=1S/C22H18S/c1-12-17-7-5-6-8-18(17)13(2)22-15(4)20-11-16(23)9-10-19(20)14(3)21(12)22/h5-11,23H,3-4H2,1-2H3. The van der Waals surface area contributed by atoms with Crippen molar-refractivity contribution in [2.45, 2.75) is 18.7 Å². The van der Waals surface area contributed by atoms with Crippen LogP contribution in [0.4, 0.5) is 0 Å². The number of hydrogen-bond acceptors (Lipinski definition) is 1. The van der Waals surface area contributed by atoms with E-state index in [-0.39, 0.29) is 0 Å². The largest absolute Gasteiger partial charge is 0.143 e. The van der Waals surface area contributed by atoms with Gasteiger partial charge in [0.1, 0.15) is 0 Å². The maximum atomic E-state index is 4.49. The number of aryl methyl sites for hydroxylation is 2. The molecule has 4 aromatic carbocycles. The Morgan fingerprint density at radius 1 is 0.696 bits per heavy atom. The minimum Gasteiger partial charge on any atom is -0.143 e. The van der Waals surface area contributed by atoms with Crippen LogP contribution in [0.25, 0.3) is 45.5 Å². The summed E-state index contributed by atoms with van der Waals surface area (Å²) in [5, 5.41) is 9.54. The monoisotopic (exact) mass is 314 g/mol. The fourth-order valence-corrected chi connectivity index (χ4v) is 4.05. The first-order valence-electron chi connectivity index (χ1n) is 7.75. The molecule has 0 aromatic heterocycles. The second kappa shape index (κ2) is 4.87. The molecule has 0 heterocycles. The van der Waals surface area contributed by atoms with Crippen molar-refractivity contribution in [3.63, 3.8) is 0 Å². The minimum absolute atomic E-state index is 0.955. The Kier molecular flexibility index (Phi) is 3.04. The van der Waals surface area contributed by atoms with E-state index < -0.39 is 0 Å². The highest BCUT2D eigenvalue weighted by molar-refractivity contribution is 7.80. The topological polar surface area (TPSA) is 0 Å². The van der Waals surface area contributed by atoms with Gasteiger partial charge in [-0.25, -0.2) is 0 Å². The van der Waals surface area contributed by atoms with E-state index in [1.807, 2.05) is 6.07 Å². The van der Waals surface area contributed by atoms with Crippen LogP contribution in [0.15, 0.2) is 47.4 Å². The highest BCUT2D eigenvalue weighted by atomic mass is 32.1. The summed E-state index contributed by atoms with van der Waals surface area (Å²) in [7, 11) is 0. The second-order valence-corrected chi connectivity index (χ2v) is 6.75.